The summed E-state index contributed by atoms with van der Waals surface area (Å²) in [5, 5.41) is 28.0. The van der Waals surface area contributed by atoms with Gasteiger partial charge in [0, 0.05) is 21.9 Å². The lowest BCUT2D eigenvalue weighted by atomic mass is 10.2. The van der Waals surface area contributed by atoms with E-state index in [1.165, 1.54) is 0 Å². The van der Waals surface area contributed by atoms with E-state index in [-0.39, 0.29) is 6.61 Å². The molecule has 4 heterocycles. The molecule has 0 spiro atoms. The Bertz CT molecular complexity index is 1600. The standard InChI is InChI=1S/C22H15ClN8O2/c1-13-10-19(28-33-13)21-26-25-20-17-4-2-3-5-18(17)22(27-31(20)21)32-12-15-11-30(29-24-15)16-8-6-14(23)7-9-16/h2-11H,12H2,1H3. The lowest BCUT2D eigenvalue weighted by Crippen LogP contribution is -2.03. The SMILES string of the molecule is Cc1cc(-c2nnc3c4ccccc4c(OCc4cn(-c5ccc(Cl)cc5)nn4)nn23)no1. The third kappa shape index (κ3) is 3.46. The summed E-state index contributed by atoms with van der Waals surface area (Å²) in [6.07, 6.45) is 1.80. The van der Waals surface area contributed by atoms with Crippen molar-refractivity contribution >= 4 is 28.0 Å². The molecule has 4 aromatic heterocycles. The van der Waals surface area contributed by atoms with Crippen molar-refractivity contribution in [1.29, 1.82) is 0 Å². The first kappa shape index (κ1) is 19.4. The predicted molar refractivity (Wildman–Crippen MR) is 119 cm³/mol. The molecule has 0 unspecified atom stereocenters. The van der Waals surface area contributed by atoms with Gasteiger partial charge in [0.2, 0.25) is 11.7 Å². The van der Waals surface area contributed by atoms with Gasteiger partial charge in [-0.3, -0.25) is 0 Å². The summed E-state index contributed by atoms with van der Waals surface area (Å²) in [4.78, 5) is 0. The summed E-state index contributed by atoms with van der Waals surface area (Å²) in [6.45, 7) is 1.99. The molecule has 0 amide bonds. The van der Waals surface area contributed by atoms with E-state index >= 15 is 0 Å². The molecule has 0 saturated carbocycles. The number of rotatable bonds is 5. The first-order valence-corrected chi connectivity index (χ1v) is 10.4. The largest absolute Gasteiger partial charge is 0.470 e. The molecule has 0 bridgehead atoms. The summed E-state index contributed by atoms with van der Waals surface area (Å²) in [5.74, 6) is 1.55. The van der Waals surface area contributed by atoms with Gasteiger partial charge < -0.3 is 9.26 Å². The van der Waals surface area contributed by atoms with E-state index in [9.17, 15) is 0 Å². The fourth-order valence-corrected chi connectivity index (χ4v) is 3.64. The van der Waals surface area contributed by atoms with Crippen LogP contribution in [0.25, 0.3) is 33.6 Å². The molecule has 0 N–H and O–H groups in total. The number of fused-ring (bicyclic) bond motifs is 3. The number of hydrogen-bond acceptors (Lipinski definition) is 8. The molecule has 6 aromatic rings. The van der Waals surface area contributed by atoms with E-state index in [0.717, 1.165) is 16.5 Å². The average molecular weight is 459 g/mol. The van der Waals surface area contributed by atoms with Crippen molar-refractivity contribution in [3.63, 3.8) is 0 Å². The van der Waals surface area contributed by atoms with Crippen LogP contribution < -0.4 is 4.74 Å². The van der Waals surface area contributed by atoms with Crippen molar-refractivity contribution < 1.29 is 9.26 Å². The smallest absolute Gasteiger partial charge is 0.240 e. The second kappa shape index (κ2) is 7.68. The molecule has 0 aliphatic heterocycles. The van der Waals surface area contributed by atoms with Crippen LogP contribution >= 0.6 is 11.6 Å². The molecule has 0 radical (unpaired) electrons. The van der Waals surface area contributed by atoms with E-state index in [1.807, 2.05) is 43.3 Å². The van der Waals surface area contributed by atoms with Gasteiger partial charge in [-0.25, -0.2) is 4.68 Å². The number of benzene rings is 2. The number of hydrogen-bond donors (Lipinski definition) is 0. The van der Waals surface area contributed by atoms with Gasteiger partial charge in [-0.05, 0) is 37.3 Å². The molecule has 6 rings (SSSR count). The lowest BCUT2D eigenvalue weighted by molar-refractivity contribution is 0.289. The summed E-state index contributed by atoms with van der Waals surface area (Å²) >= 11 is 5.96. The zero-order valence-corrected chi connectivity index (χ0v) is 18.0. The van der Waals surface area contributed by atoms with Crippen LogP contribution in [0, 0.1) is 6.92 Å². The third-order valence-corrected chi connectivity index (χ3v) is 5.33. The number of halogens is 1. The zero-order valence-electron chi connectivity index (χ0n) is 17.3. The monoisotopic (exact) mass is 458 g/mol. The van der Waals surface area contributed by atoms with Crippen molar-refractivity contribution in [2.45, 2.75) is 13.5 Å². The normalized spacial score (nSPS) is 11.5. The van der Waals surface area contributed by atoms with Gasteiger partial charge in [0.15, 0.2) is 11.3 Å². The van der Waals surface area contributed by atoms with E-state index < -0.39 is 0 Å². The lowest BCUT2D eigenvalue weighted by Gasteiger charge is -2.08. The van der Waals surface area contributed by atoms with Crippen LogP contribution in [0.5, 0.6) is 5.88 Å². The van der Waals surface area contributed by atoms with Crippen LogP contribution in [0.4, 0.5) is 0 Å². The molecule has 0 atom stereocenters. The van der Waals surface area contributed by atoms with Gasteiger partial charge in [-0.2, -0.15) is 4.52 Å². The molecule has 162 valence electrons. The van der Waals surface area contributed by atoms with Crippen molar-refractivity contribution in [1.82, 2.24) is 40.0 Å². The molecule has 0 aliphatic carbocycles. The van der Waals surface area contributed by atoms with E-state index in [2.05, 4.69) is 30.8 Å². The van der Waals surface area contributed by atoms with Crippen LogP contribution in [-0.4, -0.2) is 40.0 Å². The van der Waals surface area contributed by atoms with Crippen molar-refractivity contribution in [3.05, 3.63) is 77.3 Å². The fraction of sp³-hybridized carbons (Fsp3) is 0.0909. The Kier molecular flexibility index (Phi) is 4.51. The molecule has 10 nitrogen and oxygen atoms in total. The molecule has 33 heavy (non-hydrogen) atoms. The molecule has 0 fully saturated rings. The Morgan fingerprint density at radius 3 is 2.61 bits per heavy atom. The number of nitrogens with zero attached hydrogens (tertiary/aromatic N) is 8. The maximum absolute atomic E-state index is 6.08. The van der Waals surface area contributed by atoms with Gasteiger partial charge in [-0.15, -0.1) is 20.4 Å². The number of ether oxygens (including phenoxy) is 1. The van der Waals surface area contributed by atoms with Crippen LogP contribution in [-0.2, 0) is 6.61 Å². The van der Waals surface area contributed by atoms with Crippen molar-refractivity contribution in [3.8, 4) is 23.1 Å². The highest BCUT2D eigenvalue weighted by molar-refractivity contribution is 6.30. The van der Waals surface area contributed by atoms with Crippen molar-refractivity contribution in [2.75, 3.05) is 0 Å². The van der Waals surface area contributed by atoms with Gasteiger partial charge in [-0.1, -0.05) is 40.2 Å². The quantitative estimate of drug-likeness (QED) is 0.380. The second-order valence-corrected chi connectivity index (χ2v) is 7.79. The Morgan fingerprint density at radius 2 is 1.82 bits per heavy atom. The van der Waals surface area contributed by atoms with Crippen LogP contribution in [0.3, 0.4) is 0 Å². The minimum absolute atomic E-state index is 0.177. The van der Waals surface area contributed by atoms with Crippen LogP contribution in [0.1, 0.15) is 11.5 Å². The Hall–Kier alpha value is -4.31. The highest BCUT2D eigenvalue weighted by Gasteiger charge is 2.18. The van der Waals surface area contributed by atoms with Gasteiger partial charge in [0.1, 0.15) is 18.1 Å². The minimum atomic E-state index is 0.177. The topological polar surface area (TPSA) is 109 Å². The molecule has 0 saturated heterocycles. The molecular weight excluding hydrogens is 444 g/mol. The Labute approximate surface area is 191 Å². The van der Waals surface area contributed by atoms with Crippen LogP contribution in [0.2, 0.25) is 5.02 Å². The van der Waals surface area contributed by atoms with Gasteiger partial charge in [0.25, 0.3) is 0 Å². The van der Waals surface area contributed by atoms with Gasteiger partial charge >= 0.3 is 0 Å². The molecule has 11 heteroatoms. The maximum atomic E-state index is 6.08. The third-order valence-electron chi connectivity index (χ3n) is 5.08. The molecule has 2 aromatic carbocycles. The zero-order chi connectivity index (χ0) is 22.4. The predicted octanol–water partition coefficient (Wildman–Crippen LogP) is 4.05. The first-order valence-electron chi connectivity index (χ1n) is 10.0. The first-order chi connectivity index (χ1) is 16.2. The average Bonchev–Trinajstić information content (AvgIpc) is 3.57. The van der Waals surface area contributed by atoms with Crippen molar-refractivity contribution in [2.24, 2.45) is 0 Å². The molecule has 0 aliphatic rings. The highest BCUT2D eigenvalue weighted by atomic mass is 35.5. The van der Waals surface area contributed by atoms with Crippen LogP contribution in [0.15, 0.2) is 65.3 Å². The minimum Gasteiger partial charge on any atom is -0.470 e. The second-order valence-electron chi connectivity index (χ2n) is 7.35. The summed E-state index contributed by atoms with van der Waals surface area (Å²) < 4.78 is 14.5. The summed E-state index contributed by atoms with van der Waals surface area (Å²) in [6, 6.07) is 16.8. The van der Waals surface area contributed by atoms with E-state index in [1.54, 1.807) is 33.6 Å². The number of aromatic nitrogens is 8. The highest BCUT2D eigenvalue weighted by Crippen LogP contribution is 2.29. The van der Waals surface area contributed by atoms with Gasteiger partial charge in [0.05, 0.1) is 11.9 Å². The number of aryl methyl sites for hydroxylation is 1. The maximum Gasteiger partial charge on any atom is 0.240 e. The Morgan fingerprint density at radius 1 is 1.00 bits per heavy atom. The summed E-state index contributed by atoms with van der Waals surface area (Å²) in [7, 11) is 0. The Balaban J connectivity index is 1.36. The molecular formula is C22H15ClN8O2. The van der Waals surface area contributed by atoms with E-state index in [4.69, 9.17) is 20.9 Å². The summed E-state index contributed by atoms with van der Waals surface area (Å²) in [5.41, 5.74) is 2.63. The fourth-order valence-electron chi connectivity index (χ4n) is 3.52. The van der Waals surface area contributed by atoms with E-state index in [0.29, 0.717) is 39.5 Å².